The first-order chi connectivity index (χ1) is 20.3. The fraction of sp³-hybridized carbons (Fsp3) is 0.846. The summed E-state index contributed by atoms with van der Waals surface area (Å²) in [4.78, 5) is 0. The highest BCUT2D eigenvalue weighted by Gasteiger charge is 2.33. The molecule has 5 N–H and O–H groups in total. The van der Waals surface area contributed by atoms with Gasteiger partial charge in [0.1, 0.15) is 11.5 Å². The van der Waals surface area contributed by atoms with Crippen LogP contribution >= 0.6 is 0 Å². The summed E-state index contributed by atoms with van der Waals surface area (Å²) in [5.41, 5.74) is 14.6. The van der Waals surface area contributed by atoms with Gasteiger partial charge in [0.25, 0.3) is 0 Å². The molecule has 1 aromatic carbocycles. The topological polar surface area (TPSA) is 81.5 Å². The van der Waals surface area contributed by atoms with Gasteiger partial charge < -0.3 is 21.3 Å². The van der Waals surface area contributed by atoms with E-state index in [9.17, 15) is 5.11 Å². The molecular formula is C39H74N2O2. The molecule has 0 amide bonds. The normalized spacial score (nSPS) is 16.3. The number of unbranched alkanes of at least 4 members (excludes halogenated alkanes) is 10. The summed E-state index contributed by atoms with van der Waals surface area (Å²) in [7, 11) is 1.79. The van der Waals surface area contributed by atoms with Crippen LogP contribution in [0.1, 0.15) is 182 Å². The molecule has 0 fully saturated rings. The summed E-state index contributed by atoms with van der Waals surface area (Å²) in [6.45, 7) is 18.1. The van der Waals surface area contributed by atoms with Gasteiger partial charge in [0.2, 0.25) is 0 Å². The molecule has 4 atom stereocenters. The van der Waals surface area contributed by atoms with Crippen molar-refractivity contribution < 1.29 is 9.84 Å². The van der Waals surface area contributed by atoms with E-state index in [0.717, 1.165) is 55.4 Å². The number of methoxy groups -OCH3 is 1. The van der Waals surface area contributed by atoms with Gasteiger partial charge in [-0.2, -0.15) is 0 Å². The molecule has 0 heterocycles. The Hall–Kier alpha value is -1.26. The molecule has 1 aromatic rings. The monoisotopic (exact) mass is 603 g/mol. The van der Waals surface area contributed by atoms with Crippen molar-refractivity contribution in [3.63, 3.8) is 0 Å². The highest BCUT2D eigenvalue weighted by molar-refractivity contribution is 5.51. The maximum atomic E-state index is 11.4. The molecular weight excluding hydrogens is 528 g/mol. The van der Waals surface area contributed by atoms with E-state index in [0.29, 0.717) is 29.7 Å². The molecule has 43 heavy (non-hydrogen) atoms. The molecule has 0 aliphatic carbocycles. The van der Waals surface area contributed by atoms with Crippen LogP contribution in [0.3, 0.4) is 0 Å². The Morgan fingerprint density at radius 2 is 1.00 bits per heavy atom. The maximum Gasteiger partial charge on any atom is 0.123 e. The third-order valence-corrected chi connectivity index (χ3v) is 10.9. The SMILES string of the molecule is CCC(C)(CCCCCCCCC(N)C(C)C)c1cc(OC)c(C(C)(CC)CCCCCCCCC(N)C(C)C)cc1O. The lowest BCUT2D eigenvalue weighted by Crippen LogP contribution is -2.25. The Morgan fingerprint density at radius 3 is 1.37 bits per heavy atom. The first kappa shape index (κ1) is 39.8. The average Bonchev–Trinajstić information content (AvgIpc) is 2.98. The second-order valence-electron chi connectivity index (χ2n) is 15.0. The van der Waals surface area contributed by atoms with Crippen molar-refractivity contribution >= 4 is 0 Å². The lowest BCUT2D eigenvalue weighted by Gasteiger charge is -2.34. The van der Waals surface area contributed by atoms with Crippen molar-refractivity contribution in [2.75, 3.05) is 7.11 Å². The Kier molecular flexibility index (Phi) is 19.1. The van der Waals surface area contributed by atoms with Crippen LogP contribution in [0, 0.1) is 11.8 Å². The zero-order valence-electron chi connectivity index (χ0n) is 30.2. The zero-order chi connectivity index (χ0) is 32.5. The molecule has 4 unspecified atom stereocenters. The van der Waals surface area contributed by atoms with Crippen LogP contribution in [0.2, 0.25) is 0 Å². The van der Waals surface area contributed by atoms with Gasteiger partial charge >= 0.3 is 0 Å². The molecule has 4 nitrogen and oxygen atoms in total. The van der Waals surface area contributed by atoms with Gasteiger partial charge in [-0.1, -0.05) is 132 Å². The minimum absolute atomic E-state index is 0.00685. The number of phenolic OH excluding ortho intramolecular Hbond substituents is 1. The highest BCUT2D eigenvalue weighted by Crippen LogP contribution is 2.46. The highest BCUT2D eigenvalue weighted by atomic mass is 16.5. The van der Waals surface area contributed by atoms with Crippen LogP contribution < -0.4 is 16.2 Å². The minimum Gasteiger partial charge on any atom is -0.508 e. The lowest BCUT2D eigenvalue weighted by atomic mass is 9.71. The molecule has 0 bridgehead atoms. The summed E-state index contributed by atoms with van der Waals surface area (Å²) in [6.07, 6.45) is 21.7. The molecule has 0 spiro atoms. The number of hydrogen-bond acceptors (Lipinski definition) is 4. The molecule has 252 valence electrons. The predicted molar refractivity (Wildman–Crippen MR) is 189 cm³/mol. The molecule has 0 saturated carbocycles. The van der Waals surface area contributed by atoms with Gasteiger partial charge in [0, 0.05) is 23.2 Å². The number of rotatable bonds is 25. The third kappa shape index (κ3) is 13.7. The van der Waals surface area contributed by atoms with Crippen LogP contribution in [-0.4, -0.2) is 24.3 Å². The Bertz CT molecular complexity index is 869. The number of phenols is 1. The molecule has 1 rings (SSSR count). The first-order valence-corrected chi connectivity index (χ1v) is 18.3. The Morgan fingerprint density at radius 1 is 0.628 bits per heavy atom. The number of aromatic hydroxyl groups is 1. The summed E-state index contributed by atoms with van der Waals surface area (Å²) < 4.78 is 6.02. The van der Waals surface area contributed by atoms with E-state index < -0.39 is 0 Å². The first-order valence-electron chi connectivity index (χ1n) is 18.3. The molecule has 0 radical (unpaired) electrons. The van der Waals surface area contributed by atoms with E-state index >= 15 is 0 Å². The molecule has 0 aromatic heterocycles. The fourth-order valence-corrected chi connectivity index (χ4v) is 6.57. The summed E-state index contributed by atoms with van der Waals surface area (Å²) in [5.74, 6) is 2.55. The lowest BCUT2D eigenvalue weighted by molar-refractivity contribution is 0.341. The smallest absolute Gasteiger partial charge is 0.123 e. The van der Waals surface area contributed by atoms with Crippen molar-refractivity contribution in [3.8, 4) is 11.5 Å². The zero-order valence-corrected chi connectivity index (χ0v) is 30.2. The van der Waals surface area contributed by atoms with Crippen LogP contribution in [0.25, 0.3) is 0 Å². The molecule has 0 aliphatic heterocycles. The largest absolute Gasteiger partial charge is 0.508 e. The quantitative estimate of drug-likeness (QED) is 0.0972. The van der Waals surface area contributed by atoms with Crippen LogP contribution in [0.15, 0.2) is 12.1 Å². The summed E-state index contributed by atoms with van der Waals surface area (Å²) in [5, 5.41) is 11.4. The van der Waals surface area contributed by atoms with Crippen molar-refractivity contribution in [1.82, 2.24) is 0 Å². The summed E-state index contributed by atoms with van der Waals surface area (Å²) >= 11 is 0. The van der Waals surface area contributed by atoms with E-state index in [4.69, 9.17) is 16.2 Å². The minimum atomic E-state index is -0.0539. The van der Waals surface area contributed by atoms with E-state index in [-0.39, 0.29) is 10.8 Å². The number of hydrogen-bond donors (Lipinski definition) is 3. The predicted octanol–water partition coefficient (Wildman–Crippen LogP) is 10.9. The average molecular weight is 603 g/mol. The number of ether oxygens (including phenoxy) is 1. The van der Waals surface area contributed by atoms with Gasteiger partial charge in [0.05, 0.1) is 7.11 Å². The van der Waals surface area contributed by atoms with Gasteiger partial charge in [0.15, 0.2) is 0 Å². The van der Waals surface area contributed by atoms with Crippen LogP contribution in [0.5, 0.6) is 11.5 Å². The number of nitrogens with two attached hydrogens (primary N) is 2. The Labute approximate surface area is 268 Å². The van der Waals surface area contributed by atoms with Crippen molar-refractivity contribution in [2.45, 2.75) is 194 Å². The number of benzene rings is 1. The second kappa shape index (κ2) is 20.7. The third-order valence-electron chi connectivity index (χ3n) is 10.9. The van der Waals surface area contributed by atoms with Crippen molar-refractivity contribution in [2.24, 2.45) is 23.3 Å². The second-order valence-corrected chi connectivity index (χ2v) is 15.0. The standard InChI is InChI=1S/C39H74N2O2/c1-10-38(7,26-22-18-14-12-16-20-24-34(40)30(3)4)32-29-37(43-9)33(28-36(32)42)39(8,11-2)27-23-19-15-13-17-21-25-35(41)31(5)6/h28-31,34-35,42H,10-27,40-41H2,1-9H3. The molecule has 0 aliphatic rings. The molecule has 4 heteroatoms. The summed E-state index contributed by atoms with van der Waals surface area (Å²) in [6, 6.07) is 4.90. The van der Waals surface area contributed by atoms with Crippen molar-refractivity contribution in [1.29, 1.82) is 0 Å². The van der Waals surface area contributed by atoms with Gasteiger partial charge in [-0.15, -0.1) is 0 Å². The van der Waals surface area contributed by atoms with E-state index in [2.05, 4.69) is 61.5 Å². The fourth-order valence-electron chi connectivity index (χ4n) is 6.57. The van der Waals surface area contributed by atoms with E-state index in [1.165, 1.54) is 77.0 Å². The van der Waals surface area contributed by atoms with Crippen LogP contribution in [-0.2, 0) is 10.8 Å². The maximum absolute atomic E-state index is 11.4. The Balaban J connectivity index is 2.69. The van der Waals surface area contributed by atoms with Gasteiger partial charge in [-0.25, -0.2) is 0 Å². The van der Waals surface area contributed by atoms with Crippen molar-refractivity contribution in [3.05, 3.63) is 23.3 Å². The van der Waals surface area contributed by atoms with E-state index in [1.54, 1.807) is 7.11 Å². The molecule has 0 saturated heterocycles. The van der Waals surface area contributed by atoms with Gasteiger partial charge in [-0.3, -0.25) is 0 Å². The van der Waals surface area contributed by atoms with E-state index in [1.807, 2.05) is 6.07 Å². The van der Waals surface area contributed by atoms with Gasteiger partial charge in [-0.05, 0) is 73.3 Å². The van der Waals surface area contributed by atoms with Crippen LogP contribution in [0.4, 0.5) is 0 Å².